The number of rotatable bonds is 6. The van der Waals surface area contributed by atoms with E-state index in [0.29, 0.717) is 24.4 Å². The van der Waals surface area contributed by atoms with Crippen molar-refractivity contribution in [3.63, 3.8) is 0 Å². The molecule has 1 amide bonds. The molecular formula is C21H27N3O2. The standard InChI is InChI=1S/C21H27N3O2/c1-16(2)7-6-10-21(3)11-9-20(25)24(15-21)14-17-13-19(23-26-17)18-8-4-5-12-22-18/h4-5,7-8,12-13H,6,9-11,14-15H2,1-3H3. The molecule has 0 radical (unpaired) electrons. The summed E-state index contributed by atoms with van der Waals surface area (Å²) < 4.78 is 5.46. The van der Waals surface area contributed by atoms with Crippen LogP contribution in [0.2, 0.25) is 0 Å². The molecule has 3 heterocycles. The molecule has 1 aliphatic rings. The number of carbonyl (C=O) groups excluding carboxylic acids is 1. The predicted octanol–water partition coefficient (Wildman–Crippen LogP) is 4.61. The van der Waals surface area contributed by atoms with Crippen molar-refractivity contribution in [3.05, 3.63) is 47.9 Å². The number of amides is 1. The minimum Gasteiger partial charge on any atom is -0.359 e. The van der Waals surface area contributed by atoms with Crippen LogP contribution < -0.4 is 0 Å². The van der Waals surface area contributed by atoms with Crippen LogP contribution in [0.1, 0.15) is 52.2 Å². The first kappa shape index (κ1) is 18.4. The number of piperidine rings is 1. The first-order valence-corrected chi connectivity index (χ1v) is 9.23. The Kier molecular flexibility index (Phi) is 5.55. The van der Waals surface area contributed by atoms with Gasteiger partial charge in [0.05, 0.1) is 12.2 Å². The summed E-state index contributed by atoms with van der Waals surface area (Å²) in [7, 11) is 0. The molecule has 0 spiro atoms. The van der Waals surface area contributed by atoms with Gasteiger partial charge in [-0.1, -0.05) is 29.8 Å². The van der Waals surface area contributed by atoms with E-state index < -0.39 is 0 Å². The van der Waals surface area contributed by atoms with E-state index in [1.165, 1.54) is 5.57 Å². The molecule has 5 nitrogen and oxygen atoms in total. The number of allylic oxidation sites excluding steroid dienone is 2. The lowest BCUT2D eigenvalue weighted by molar-refractivity contribution is -0.138. The van der Waals surface area contributed by atoms with E-state index in [2.05, 4.69) is 37.0 Å². The van der Waals surface area contributed by atoms with E-state index in [1.807, 2.05) is 29.2 Å². The lowest BCUT2D eigenvalue weighted by Gasteiger charge is -2.40. The second-order valence-corrected chi connectivity index (χ2v) is 7.77. The Hall–Kier alpha value is -2.43. The van der Waals surface area contributed by atoms with Crippen molar-refractivity contribution in [3.8, 4) is 11.4 Å². The Morgan fingerprint density at radius 1 is 1.35 bits per heavy atom. The highest BCUT2D eigenvalue weighted by Crippen LogP contribution is 2.35. The van der Waals surface area contributed by atoms with Crippen LogP contribution in [-0.2, 0) is 11.3 Å². The maximum Gasteiger partial charge on any atom is 0.223 e. The summed E-state index contributed by atoms with van der Waals surface area (Å²) in [6.07, 6.45) is 7.73. The number of hydrogen-bond donors (Lipinski definition) is 0. The van der Waals surface area contributed by atoms with Crippen LogP contribution in [0.4, 0.5) is 0 Å². The van der Waals surface area contributed by atoms with E-state index in [-0.39, 0.29) is 11.3 Å². The number of hydrogen-bond acceptors (Lipinski definition) is 4. The van der Waals surface area contributed by atoms with Gasteiger partial charge < -0.3 is 9.42 Å². The molecule has 0 bridgehead atoms. The maximum absolute atomic E-state index is 12.4. The Labute approximate surface area is 155 Å². The number of likely N-dealkylation sites (tertiary alicyclic amines) is 1. The molecule has 0 N–H and O–H groups in total. The average Bonchev–Trinajstić information content (AvgIpc) is 3.07. The normalized spacial score (nSPS) is 20.3. The third-order valence-electron chi connectivity index (χ3n) is 5.00. The molecule has 1 aliphatic heterocycles. The van der Waals surface area contributed by atoms with Crippen LogP contribution in [0.5, 0.6) is 0 Å². The van der Waals surface area contributed by atoms with Crippen LogP contribution in [0, 0.1) is 5.41 Å². The SMILES string of the molecule is CC(C)=CCCC1(C)CCC(=O)N(Cc2cc(-c3ccccn3)no2)C1. The Morgan fingerprint density at radius 3 is 2.92 bits per heavy atom. The molecule has 5 heteroatoms. The van der Waals surface area contributed by atoms with Gasteiger partial charge in [-0.3, -0.25) is 9.78 Å². The molecule has 0 aromatic carbocycles. The first-order chi connectivity index (χ1) is 12.5. The molecule has 138 valence electrons. The minimum absolute atomic E-state index is 0.156. The average molecular weight is 353 g/mol. The van der Waals surface area contributed by atoms with Crippen LogP contribution in [0.15, 0.2) is 46.6 Å². The zero-order valence-corrected chi connectivity index (χ0v) is 15.9. The van der Waals surface area contributed by atoms with Crippen molar-refractivity contribution >= 4 is 5.91 Å². The van der Waals surface area contributed by atoms with Crippen LogP contribution in [0.3, 0.4) is 0 Å². The van der Waals surface area contributed by atoms with Crippen molar-refractivity contribution in [2.75, 3.05) is 6.54 Å². The molecule has 1 unspecified atom stereocenters. The fourth-order valence-electron chi connectivity index (χ4n) is 3.46. The van der Waals surface area contributed by atoms with Crippen LogP contribution >= 0.6 is 0 Å². The fraction of sp³-hybridized carbons (Fsp3) is 0.476. The van der Waals surface area contributed by atoms with Gasteiger partial charge in [0.25, 0.3) is 0 Å². The summed E-state index contributed by atoms with van der Waals surface area (Å²) in [5.41, 5.74) is 2.99. The number of nitrogens with zero attached hydrogens (tertiary/aromatic N) is 3. The van der Waals surface area contributed by atoms with Gasteiger partial charge in [0.2, 0.25) is 5.91 Å². The van der Waals surface area contributed by atoms with E-state index >= 15 is 0 Å². The topological polar surface area (TPSA) is 59.2 Å². The van der Waals surface area contributed by atoms with Crippen LogP contribution in [0.25, 0.3) is 11.4 Å². The highest BCUT2D eigenvalue weighted by molar-refractivity contribution is 5.77. The largest absolute Gasteiger partial charge is 0.359 e. The molecule has 1 saturated heterocycles. The van der Waals surface area contributed by atoms with Crippen molar-refractivity contribution in [2.24, 2.45) is 5.41 Å². The monoisotopic (exact) mass is 353 g/mol. The number of carbonyl (C=O) groups is 1. The summed E-state index contributed by atoms with van der Waals surface area (Å²) in [5.74, 6) is 0.896. The van der Waals surface area contributed by atoms with E-state index in [4.69, 9.17) is 4.52 Å². The lowest BCUT2D eigenvalue weighted by Crippen LogP contribution is -2.44. The van der Waals surface area contributed by atoms with Crippen LogP contribution in [-0.4, -0.2) is 27.5 Å². The van der Waals surface area contributed by atoms with Crippen molar-refractivity contribution < 1.29 is 9.32 Å². The third-order valence-corrected chi connectivity index (χ3v) is 5.00. The second-order valence-electron chi connectivity index (χ2n) is 7.77. The van der Waals surface area contributed by atoms with E-state index in [0.717, 1.165) is 31.5 Å². The van der Waals surface area contributed by atoms with Crippen molar-refractivity contribution in [2.45, 2.75) is 53.0 Å². The van der Waals surface area contributed by atoms with Gasteiger partial charge in [-0.15, -0.1) is 0 Å². The first-order valence-electron chi connectivity index (χ1n) is 9.23. The summed E-state index contributed by atoms with van der Waals surface area (Å²) in [6, 6.07) is 7.56. The van der Waals surface area contributed by atoms with Gasteiger partial charge in [0.1, 0.15) is 5.69 Å². The summed E-state index contributed by atoms with van der Waals surface area (Å²) >= 11 is 0. The lowest BCUT2D eigenvalue weighted by atomic mass is 9.77. The zero-order chi connectivity index (χ0) is 18.6. The quantitative estimate of drug-likeness (QED) is 0.712. The van der Waals surface area contributed by atoms with E-state index in [1.54, 1.807) is 6.20 Å². The summed E-state index contributed by atoms with van der Waals surface area (Å²) in [4.78, 5) is 18.6. The molecule has 1 atom stereocenters. The highest BCUT2D eigenvalue weighted by Gasteiger charge is 2.34. The molecule has 26 heavy (non-hydrogen) atoms. The Balaban J connectivity index is 1.65. The summed E-state index contributed by atoms with van der Waals surface area (Å²) in [6.45, 7) is 7.77. The van der Waals surface area contributed by atoms with Gasteiger partial charge >= 0.3 is 0 Å². The maximum atomic E-state index is 12.4. The smallest absolute Gasteiger partial charge is 0.223 e. The number of pyridine rings is 1. The van der Waals surface area contributed by atoms with Gasteiger partial charge in [-0.2, -0.15) is 0 Å². The molecule has 2 aromatic rings. The van der Waals surface area contributed by atoms with Gasteiger partial charge in [-0.25, -0.2) is 0 Å². The minimum atomic E-state index is 0.156. The Bertz CT molecular complexity index is 778. The van der Waals surface area contributed by atoms with E-state index in [9.17, 15) is 4.79 Å². The molecular weight excluding hydrogens is 326 g/mol. The van der Waals surface area contributed by atoms with Gasteiger partial charge in [0.15, 0.2) is 5.76 Å². The third kappa shape index (κ3) is 4.59. The summed E-state index contributed by atoms with van der Waals surface area (Å²) in [5, 5.41) is 4.10. The molecule has 1 fully saturated rings. The molecule has 2 aromatic heterocycles. The zero-order valence-electron chi connectivity index (χ0n) is 15.9. The van der Waals surface area contributed by atoms with Gasteiger partial charge in [-0.05, 0) is 50.7 Å². The number of aromatic nitrogens is 2. The van der Waals surface area contributed by atoms with Gasteiger partial charge in [0, 0.05) is 25.2 Å². The van der Waals surface area contributed by atoms with Crippen molar-refractivity contribution in [1.29, 1.82) is 0 Å². The second kappa shape index (κ2) is 7.85. The molecule has 0 aliphatic carbocycles. The molecule has 3 rings (SSSR count). The van der Waals surface area contributed by atoms with Crippen molar-refractivity contribution in [1.82, 2.24) is 15.0 Å². The fourth-order valence-corrected chi connectivity index (χ4v) is 3.46. The highest BCUT2D eigenvalue weighted by atomic mass is 16.5. The Morgan fingerprint density at radius 2 is 2.19 bits per heavy atom. The predicted molar refractivity (Wildman–Crippen MR) is 101 cm³/mol. The molecule has 0 saturated carbocycles.